The summed E-state index contributed by atoms with van der Waals surface area (Å²) < 4.78 is 0. The van der Waals surface area contributed by atoms with E-state index in [9.17, 15) is 14.4 Å². The molecule has 0 aromatic carbocycles. The highest BCUT2D eigenvalue weighted by molar-refractivity contribution is 5.95. The third kappa shape index (κ3) is 3.18. The van der Waals surface area contributed by atoms with Gasteiger partial charge in [-0.15, -0.1) is 0 Å². The van der Waals surface area contributed by atoms with Crippen LogP contribution in [0.5, 0.6) is 0 Å². The molecule has 2 amide bonds. The molecule has 1 heterocycles. The number of aliphatic carboxylic acids is 1. The molecule has 6 heteroatoms. The van der Waals surface area contributed by atoms with Gasteiger partial charge in [-0.1, -0.05) is 6.92 Å². The molecule has 2 N–H and O–H groups in total. The molecule has 0 aromatic heterocycles. The second kappa shape index (κ2) is 5.65. The fourth-order valence-corrected chi connectivity index (χ4v) is 1.95. The average molecular weight is 242 g/mol. The van der Waals surface area contributed by atoms with E-state index >= 15 is 0 Å². The second-order valence-corrected chi connectivity index (χ2v) is 4.22. The van der Waals surface area contributed by atoms with Crippen LogP contribution < -0.4 is 5.32 Å². The molecule has 1 rings (SSSR count). The van der Waals surface area contributed by atoms with Crippen molar-refractivity contribution in [2.24, 2.45) is 0 Å². The summed E-state index contributed by atoms with van der Waals surface area (Å²) in [6, 6.07) is -0.699. The number of hydrogen-bond acceptors (Lipinski definition) is 3. The quantitative estimate of drug-likeness (QED) is 0.709. The van der Waals surface area contributed by atoms with Gasteiger partial charge in [0.1, 0.15) is 6.04 Å². The molecule has 1 aliphatic heterocycles. The highest BCUT2D eigenvalue weighted by Crippen LogP contribution is 2.17. The Morgan fingerprint density at radius 3 is 2.76 bits per heavy atom. The van der Waals surface area contributed by atoms with Crippen molar-refractivity contribution in [1.82, 2.24) is 10.2 Å². The van der Waals surface area contributed by atoms with Crippen LogP contribution in [0.3, 0.4) is 0 Å². The first-order valence-corrected chi connectivity index (χ1v) is 5.78. The molecule has 0 radical (unpaired) electrons. The third-order valence-electron chi connectivity index (χ3n) is 3.04. The zero-order valence-electron chi connectivity index (χ0n) is 10.1. The van der Waals surface area contributed by atoms with Gasteiger partial charge in [0, 0.05) is 12.5 Å². The fraction of sp³-hybridized carbons (Fsp3) is 0.727. The molecule has 1 saturated heterocycles. The first-order chi connectivity index (χ1) is 7.97. The monoisotopic (exact) mass is 242 g/mol. The molecule has 0 saturated carbocycles. The van der Waals surface area contributed by atoms with Crippen LogP contribution in [0.4, 0.5) is 0 Å². The number of nitrogens with zero attached hydrogens (tertiary/aromatic N) is 1. The number of carboxylic acids is 1. The van der Waals surface area contributed by atoms with Crippen LogP contribution in [0, 0.1) is 0 Å². The molecule has 0 bridgehead atoms. The summed E-state index contributed by atoms with van der Waals surface area (Å²) in [5.41, 5.74) is 0. The smallest absolute Gasteiger partial charge is 0.303 e. The van der Waals surface area contributed by atoms with E-state index in [1.165, 1.54) is 4.90 Å². The minimum atomic E-state index is -0.958. The van der Waals surface area contributed by atoms with Crippen molar-refractivity contribution in [1.29, 1.82) is 0 Å². The Kier molecular flexibility index (Phi) is 4.48. The van der Waals surface area contributed by atoms with Crippen molar-refractivity contribution >= 4 is 17.8 Å². The highest BCUT2D eigenvalue weighted by Gasteiger charge is 2.36. The summed E-state index contributed by atoms with van der Waals surface area (Å²) in [7, 11) is 0. The Labute approximate surface area is 100.0 Å². The summed E-state index contributed by atoms with van der Waals surface area (Å²) in [6.45, 7) is 3.80. The summed E-state index contributed by atoms with van der Waals surface area (Å²) in [6.07, 6.45) is 0.790. The van der Waals surface area contributed by atoms with E-state index in [1.54, 1.807) is 0 Å². The molecule has 2 atom stereocenters. The molecule has 0 spiro atoms. The molecule has 1 aliphatic rings. The summed E-state index contributed by atoms with van der Waals surface area (Å²) in [4.78, 5) is 35.5. The van der Waals surface area contributed by atoms with Gasteiger partial charge in [-0.2, -0.15) is 0 Å². The number of carbonyl (C=O) groups excluding carboxylic acids is 2. The van der Waals surface area contributed by atoms with Crippen molar-refractivity contribution in [3.63, 3.8) is 0 Å². The van der Waals surface area contributed by atoms with Crippen molar-refractivity contribution in [2.75, 3.05) is 6.54 Å². The van der Waals surface area contributed by atoms with Gasteiger partial charge >= 0.3 is 5.97 Å². The zero-order valence-corrected chi connectivity index (χ0v) is 10.1. The van der Waals surface area contributed by atoms with E-state index < -0.39 is 12.0 Å². The zero-order chi connectivity index (χ0) is 13.0. The van der Waals surface area contributed by atoms with Crippen molar-refractivity contribution in [3.05, 3.63) is 0 Å². The van der Waals surface area contributed by atoms with Crippen LogP contribution in [0.2, 0.25) is 0 Å². The maximum absolute atomic E-state index is 11.8. The first-order valence-electron chi connectivity index (χ1n) is 5.78. The van der Waals surface area contributed by atoms with Crippen LogP contribution in [-0.4, -0.2) is 46.4 Å². The third-order valence-corrected chi connectivity index (χ3v) is 3.04. The lowest BCUT2D eigenvalue weighted by Crippen LogP contribution is -2.60. The van der Waals surface area contributed by atoms with E-state index in [2.05, 4.69) is 5.32 Å². The molecule has 0 aliphatic carbocycles. The maximum Gasteiger partial charge on any atom is 0.303 e. The Morgan fingerprint density at radius 1 is 1.59 bits per heavy atom. The van der Waals surface area contributed by atoms with Gasteiger partial charge in [-0.05, 0) is 19.8 Å². The molecule has 17 heavy (non-hydrogen) atoms. The van der Waals surface area contributed by atoms with E-state index in [1.807, 2.05) is 13.8 Å². The van der Waals surface area contributed by atoms with Gasteiger partial charge in [-0.3, -0.25) is 14.4 Å². The summed E-state index contributed by atoms with van der Waals surface area (Å²) >= 11 is 0. The van der Waals surface area contributed by atoms with Crippen molar-refractivity contribution in [2.45, 2.75) is 45.2 Å². The molecule has 1 fully saturated rings. The minimum Gasteiger partial charge on any atom is -0.481 e. The lowest BCUT2D eigenvalue weighted by molar-refractivity contribution is -0.149. The predicted octanol–water partition coefficient (Wildman–Crippen LogP) is -0.0233. The molecule has 96 valence electrons. The topological polar surface area (TPSA) is 86.7 Å². The summed E-state index contributed by atoms with van der Waals surface area (Å²) in [5.74, 6) is -1.36. The fourth-order valence-electron chi connectivity index (χ4n) is 1.95. The second-order valence-electron chi connectivity index (χ2n) is 4.22. The molecule has 0 aromatic rings. The number of nitrogens with one attached hydrogen (secondary N) is 1. The normalized spacial score (nSPS) is 22.2. The number of carbonyl (C=O) groups is 3. The van der Waals surface area contributed by atoms with Gasteiger partial charge in [0.15, 0.2) is 0 Å². The van der Waals surface area contributed by atoms with E-state index in [0.717, 1.165) is 6.42 Å². The standard InChI is InChI=1S/C11H18N2O4/c1-3-7(2)13-8(4-5-10(15)16)11(17)12-6-9(13)14/h7-8H,3-6H2,1-2H3,(H,12,17)(H,15,16). The lowest BCUT2D eigenvalue weighted by atomic mass is 10.0. The van der Waals surface area contributed by atoms with E-state index in [4.69, 9.17) is 5.11 Å². The largest absolute Gasteiger partial charge is 0.481 e. The minimum absolute atomic E-state index is 0.00669. The van der Waals surface area contributed by atoms with Crippen LogP contribution >= 0.6 is 0 Å². The van der Waals surface area contributed by atoms with Gasteiger partial charge in [0.2, 0.25) is 11.8 Å². The van der Waals surface area contributed by atoms with Crippen LogP contribution in [0.15, 0.2) is 0 Å². The predicted molar refractivity (Wildman–Crippen MR) is 60.3 cm³/mol. The highest BCUT2D eigenvalue weighted by atomic mass is 16.4. The number of amides is 2. The molecule has 6 nitrogen and oxygen atoms in total. The number of hydrogen-bond donors (Lipinski definition) is 2. The maximum atomic E-state index is 11.8. The van der Waals surface area contributed by atoms with Crippen LogP contribution in [0.25, 0.3) is 0 Å². The lowest BCUT2D eigenvalue weighted by Gasteiger charge is -2.38. The van der Waals surface area contributed by atoms with Crippen LogP contribution in [-0.2, 0) is 14.4 Å². The molecule has 2 unspecified atom stereocenters. The van der Waals surface area contributed by atoms with Gasteiger partial charge in [-0.25, -0.2) is 0 Å². The Balaban J connectivity index is 2.80. The van der Waals surface area contributed by atoms with Gasteiger partial charge in [0.05, 0.1) is 6.54 Å². The van der Waals surface area contributed by atoms with Gasteiger partial charge < -0.3 is 15.3 Å². The number of piperazine rings is 1. The van der Waals surface area contributed by atoms with Crippen molar-refractivity contribution < 1.29 is 19.5 Å². The molecular weight excluding hydrogens is 224 g/mol. The average Bonchev–Trinajstić information content (AvgIpc) is 2.28. The van der Waals surface area contributed by atoms with Crippen LogP contribution in [0.1, 0.15) is 33.1 Å². The Hall–Kier alpha value is -1.59. The van der Waals surface area contributed by atoms with Crippen molar-refractivity contribution in [3.8, 4) is 0 Å². The van der Waals surface area contributed by atoms with E-state index in [0.29, 0.717) is 0 Å². The number of carboxylic acid groups (broad SMARTS) is 1. The first kappa shape index (κ1) is 13.5. The SMILES string of the molecule is CCC(C)N1C(=O)CNC(=O)C1CCC(=O)O. The Bertz CT molecular complexity index is 329. The summed E-state index contributed by atoms with van der Waals surface area (Å²) in [5, 5.41) is 11.1. The van der Waals surface area contributed by atoms with Gasteiger partial charge in [0.25, 0.3) is 0 Å². The van der Waals surface area contributed by atoms with E-state index in [-0.39, 0.29) is 37.2 Å². The molecular formula is C11H18N2O4. The Morgan fingerprint density at radius 2 is 2.24 bits per heavy atom. The number of rotatable bonds is 5.